The molecule has 4 nitrogen and oxygen atoms in total. The van der Waals surface area contributed by atoms with Crippen LogP contribution >= 0.6 is 0 Å². The van der Waals surface area contributed by atoms with E-state index in [9.17, 15) is 4.79 Å². The van der Waals surface area contributed by atoms with Crippen LogP contribution in [0, 0.1) is 6.92 Å². The summed E-state index contributed by atoms with van der Waals surface area (Å²) in [6.45, 7) is 5.92. The molecule has 0 saturated carbocycles. The number of rotatable bonds is 3. The van der Waals surface area contributed by atoms with Crippen LogP contribution in [0.4, 0.5) is 5.82 Å². The van der Waals surface area contributed by atoms with E-state index in [0.29, 0.717) is 5.92 Å². The van der Waals surface area contributed by atoms with Crippen LogP contribution in [0.3, 0.4) is 0 Å². The minimum absolute atomic E-state index is 0.141. The molecular formula is C21H25N3O. The lowest BCUT2D eigenvalue weighted by atomic mass is 9.88. The third-order valence-electron chi connectivity index (χ3n) is 5.51. The van der Waals surface area contributed by atoms with Crippen LogP contribution in [-0.4, -0.2) is 42.0 Å². The Balaban J connectivity index is 1.51. The number of nitrogens with zero attached hydrogens (tertiary/aromatic N) is 3. The van der Waals surface area contributed by atoms with Crippen LogP contribution in [-0.2, 0) is 0 Å². The highest BCUT2D eigenvalue weighted by Crippen LogP contribution is 2.30. The Bertz CT molecular complexity index is 769. The van der Waals surface area contributed by atoms with Gasteiger partial charge in [-0.1, -0.05) is 24.3 Å². The predicted octanol–water partition coefficient (Wildman–Crippen LogP) is 3.62. The molecule has 0 spiro atoms. The maximum absolute atomic E-state index is 13.0. The third-order valence-corrected chi connectivity index (χ3v) is 5.51. The largest absolute Gasteiger partial charge is 0.356 e. The number of pyridine rings is 1. The second kappa shape index (κ2) is 6.87. The number of amides is 1. The molecule has 3 heterocycles. The van der Waals surface area contributed by atoms with E-state index in [2.05, 4.69) is 41.1 Å². The van der Waals surface area contributed by atoms with Gasteiger partial charge in [0.2, 0.25) is 0 Å². The van der Waals surface area contributed by atoms with Crippen molar-refractivity contribution in [3.05, 3.63) is 59.3 Å². The fraction of sp³-hybridized carbons (Fsp3) is 0.429. The number of piperidine rings is 1. The number of carbonyl (C=O) groups is 1. The molecule has 130 valence electrons. The molecule has 2 aromatic rings. The second-order valence-electron chi connectivity index (χ2n) is 7.19. The van der Waals surface area contributed by atoms with Gasteiger partial charge < -0.3 is 9.80 Å². The Kier molecular flexibility index (Phi) is 4.43. The van der Waals surface area contributed by atoms with E-state index in [1.54, 1.807) is 6.20 Å². The lowest BCUT2D eigenvalue weighted by Gasteiger charge is -2.34. The van der Waals surface area contributed by atoms with Crippen molar-refractivity contribution in [2.45, 2.75) is 32.1 Å². The van der Waals surface area contributed by atoms with Crippen LogP contribution in [0.5, 0.6) is 0 Å². The summed E-state index contributed by atoms with van der Waals surface area (Å²) in [6, 6.07) is 12.4. The summed E-state index contributed by atoms with van der Waals surface area (Å²) in [5.41, 5.74) is 3.48. The maximum Gasteiger partial charge on any atom is 0.254 e. The first-order valence-corrected chi connectivity index (χ1v) is 9.28. The van der Waals surface area contributed by atoms with E-state index in [-0.39, 0.29) is 5.91 Å². The van der Waals surface area contributed by atoms with Crippen molar-refractivity contribution in [3.63, 3.8) is 0 Å². The van der Waals surface area contributed by atoms with Crippen molar-refractivity contribution >= 4 is 11.7 Å². The number of aromatic nitrogens is 1. The fourth-order valence-corrected chi connectivity index (χ4v) is 3.91. The summed E-state index contributed by atoms with van der Waals surface area (Å²) in [6.07, 6.45) is 5.20. The summed E-state index contributed by atoms with van der Waals surface area (Å²) in [7, 11) is 0. The van der Waals surface area contributed by atoms with Crippen molar-refractivity contribution in [2.24, 2.45) is 0 Å². The SMILES string of the molecule is Cc1ccccc1C1CCCN(C(=O)c2ccnc(N3CCC3)c2)C1. The summed E-state index contributed by atoms with van der Waals surface area (Å²) >= 11 is 0. The topological polar surface area (TPSA) is 36.4 Å². The number of aryl methyl sites for hydroxylation is 1. The van der Waals surface area contributed by atoms with E-state index in [0.717, 1.165) is 50.4 Å². The lowest BCUT2D eigenvalue weighted by Crippen LogP contribution is -2.40. The van der Waals surface area contributed by atoms with Crippen molar-refractivity contribution in [1.29, 1.82) is 0 Å². The summed E-state index contributed by atoms with van der Waals surface area (Å²) in [5.74, 6) is 1.52. The standard InChI is InChI=1S/C21H25N3O/c1-16-6-2-3-8-19(16)18-7-4-11-24(15-18)21(25)17-9-10-22-20(14-17)23-12-5-13-23/h2-3,6,8-10,14,18H,4-5,7,11-13,15H2,1H3. The van der Waals surface area contributed by atoms with Gasteiger partial charge in [-0.15, -0.1) is 0 Å². The molecule has 0 bridgehead atoms. The first-order chi connectivity index (χ1) is 12.2. The summed E-state index contributed by atoms with van der Waals surface area (Å²) in [5, 5.41) is 0. The first-order valence-electron chi connectivity index (χ1n) is 9.28. The van der Waals surface area contributed by atoms with Crippen LogP contribution in [0.15, 0.2) is 42.6 Å². The molecule has 25 heavy (non-hydrogen) atoms. The van der Waals surface area contributed by atoms with Gasteiger partial charge in [0, 0.05) is 43.9 Å². The molecule has 1 aromatic carbocycles. The van der Waals surface area contributed by atoms with Crippen molar-refractivity contribution in [1.82, 2.24) is 9.88 Å². The zero-order valence-electron chi connectivity index (χ0n) is 14.8. The Morgan fingerprint density at radius 2 is 1.96 bits per heavy atom. The van der Waals surface area contributed by atoms with Gasteiger partial charge in [0.25, 0.3) is 5.91 Å². The predicted molar refractivity (Wildman–Crippen MR) is 100 cm³/mol. The van der Waals surface area contributed by atoms with E-state index in [4.69, 9.17) is 0 Å². The highest BCUT2D eigenvalue weighted by molar-refractivity contribution is 5.95. The zero-order valence-corrected chi connectivity index (χ0v) is 14.8. The molecule has 1 atom stereocenters. The molecule has 1 amide bonds. The molecule has 0 radical (unpaired) electrons. The highest BCUT2D eigenvalue weighted by Gasteiger charge is 2.27. The Labute approximate surface area is 149 Å². The van der Waals surface area contributed by atoms with Gasteiger partial charge in [-0.25, -0.2) is 4.98 Å². The molecule has 4 heteroatoms. The molecule has 2 aliphatic rings. The van der Waals surface area contributed by atoms with Gasteiger partial charge in [-0.2, -0.15) is 0 Å². The van der Waals surface area contributed by atoms with Gasteiger partial charge in [0.15, 0.2) is 0 Å². The number of likely N-dealkylation sites (tertiary alicyclic amines) is 1. The van der Waals surface area contributed by atoms with E-state index >= 15 is 0 Å². The van der Waals surface area contributed by atoms with Crippen LogP contribution in [0.2, 0.25) is 0 Å². The quantitative estimate of drug-likeness (QED) is 0.859. The summed E-state index contributed by atoms with van der Waals surface area (Å²) in [4.78, 5) is 21.7. The van der Waals surface area contributed by atoms with Crippen LogP contribution in [0.1, 0.15) is 46.7 Å². The lowest BCUT2D eigenvalue weighted by molar-refractivity contribution is 0.0707. The Hall–Kier alpha value is -2.36. The number of carbonyl (C=O) groups excluding carboxylic acids is 1. The van der Waals surface area contributed by atoms with Gasteiger partial charge in [-0.3, -0.25) is 4.79 Å². The van der Waals surface area contributed by atoms with Crippen LogP contribution in [0.25, 0.3) is 0 Å². The normalized spacial score (nSPS) is 20.3. The van der Waals surface area contributed by atoms with Gasteiger partial charge in [-0.05, 0) is 49.4 Å². The molecule has 2 fully saturated rings. The molecule has 0 aliphatic carbocycles. The second-order valence-corrected chi connectivity index (χ2v) is 7.19. The van der Waals surface area contributed by atoms with E-state index in [1.165, 1.54) is 17.5 Å². The highest BCUT2D eigenvalue weighted by atomic mass is 16.2. The number of anilines is 1. The number of hydrogen-bond acceptors (Lipinski definition) is 3. The minimum Gasteiger partial charge on any atom is -0.356 e. The molecule has 1 aromatic heterocycles. The molecule has 2 aliphatic heterocycles. The molecular weight excluding hydrogens is 310 g/mol. The number of benzene rings is 1. The maximum atomic E-state index is 13.0. The minimum atomic E-state index is 0.141. The van der Waals surface area contributed by atoms with E-state index < -0.39 is 0 Å². The van der Waals surface area contributed by atoms with Crippen molar-refractivity contribution in [2.75, 3.05) is 31.1 Å². The average molecular weight is 335 g/mol. The van der Waals surface area contributed by atoms with Crippen LogP contribution < -0.4 is 4.90 Å². The number of hydrogen-bond donors (Lipinski definition) is 0. The van der Waals surface area contributed by atoms with Gasteiger partial charge in [0.1, 0.15) is 5.82 Å². The fourth-order valence-electron chi connectivity index (χ4n) is 3.91. The average Bonchev–Trinajstić information content (AvgIpc) is 2.60. The molecule has 2 saturated heterocycles. The monoisotopic (exact) mass is 335 g/mol. The van der Waals surface area contributed by atoms with Gasteiger partial charge in [0.05, 0.1) is 0 Å². The Morgan fingerprint density at radius 3 is 2.72 bits per heavy atom. The third kappa shape index (κ3) is 3.26. The zero-order chi connectivity index (χ0) is 17.2. The molecule has 1 unspecified atom stereocenters. The van der Waals surface area contributed by atoms with Crippen molar-refractivity contribution < 1.29 is 4.79 Å². The molecule has 0 N–H and O–H groups in total. The first kappa shape index (κ1) is 16.1. The van der Waals surface area contributed by atoms with E-state index in [1.807, 2.05) is 17.0 Å². The molecule has 4 rings (SSSR count). The summed E-state index contributed by atoms with van der Waals surface area (Å²) < 4.78 is 0. The van der Waals surface area contributed by atoms with Gasteiger partial charge >= 0.3 is 0 Å². The smallest absolute Gasteiger partial charge is 0.254 e. The Morgan fingerprint density at radius 1 is 1.12 bits per heavy atom. The van der Waals surface area contributed by atoms with Crippen molar-refractivity contribution in [3.8, 4) is 0 Å².